The zero-order valence-electron chi connectivity index (χ0n) is 12.1. The Morgan fingerprint density at radius 1 is 1.39 bits per heavy atom. The largest absolute Gasteiger partial charge is 0.243 e. The average molecular weight is 383 g/mol. The fraction of sp³-hybridized carbons (Fsp3) is 0.385. The predicted molar refractivity (Wildman–Crippen MR) is 85.4 cm³/mol. The fourth-order valence-corrected chi connectivity index (χ4v) is 4.65. The van der Waals surface area contributed by atoms with Gasteiger partial charge in [-0.15, -0.1) is 0 Å². The van der Waals surface area contributed by atoms with E-state index >= 15 is 0 Å². The third kappa shape index (κ3) is 4.30. The summed E-state index contributed by atoms with van der Waals surface area (Å²) in [6.45, 7) is 3.76. The first-order chi connectivity index (χ1) is 10.7. The third-order valence-electron chi connectivity index (χ3n) is 3.57. The molecule has 1 aromatic rings. The Balaban J connectivity index is 2.08. The summed E-state index contributed by atoms with van der Waals surface area (Å²) in [7, 11) is -7.32. The van der Waals surface area contributed by atoms with Gasteiger partial charge >= 0.3 is 0 Å². The van der Waals surface area contributed by atoms with Crippen LogP contribution in [0.4, 0.5) is 4.39 Å². The van der Waals surface area contributed by atoms with Crippen LogP contribution < -0.4 is 4.72 Å². The molecule has 0 aromatic heterocycles. The van der Waals surface area contributed by atoms with Gasteiger partial charge in [0.1, 0.15) is 5.82 Å². The molecule has 0 amide bonds. The molecular formula is C13H16ClFN2O4S2. The topological polar surface area (TPSA) is 83.6 Å². The normalized spacial score (nSPS) is 19.8. The maximum Gasteiger partial charge on any atom is 0.243 e. The monoisotopic (exact) mass is 382 g/mol. The van der Waals surface area contributed by atoms with Crippen LogP contribution in [0.15, 0.2) is 35.1 Å². The second kappa shape index (κ2) is 6.86. The molecule has 0 spiro atoms. The molecule has 0 aliphatic carbocycles. The van der Waals surface area contributed by atoms with Crippen molar-refractivity contribution >= 4 is 31.6 Å². The molecule has 1 heterocycles. The molecule has 6 nitrogen and oxygen atoms in total. The minimum Gasteiger partial charge on any atom is -0.211 e. The molecule has 2 rings (SSSR count). The molecule has 1 atom stereocenters. The second-order valence-corrected chi connectivity index (χ2v) is 9.21. The van der Waals surface area contributed by atoms with Gasteiger partial charge in [-0.1, -0.05) is 18.2 Å². The van der Waals surface area contributed by atoms with Gasteiger partial charge in [0.15, 0.2) is 0 Å². The minimum absolute atomic E-state index is 0.0868. The molecule has 1 fully saturated rings. The molecule has 1 aliphatic rings. The molecule has 1 saturated heterocycles. The number of nitrogens with one attached hydrogen (secondary N) is 1. The Kier molecular flexibility index (Phi) is 5.47. The van der Waals surface area contributed by atoms with Gasteiger partial charge in [-0.25, -0.2) is 25.9 Å². The van der Waals surface area contributed by atoms with E-state index in [4.69, 9.17) is 11.6 Å². The van der Waals surface area contributed by atoms with E-state index in [1.54, 1.807) is 0 Å². The molecule has 1 N–H and O–H groups in total. The lowest BCUT2D eigenvalue weighted by atomic mass is 10.1. The van der Waals surface area contributed by atoms with Crippen LogP contribution >= 0.6 is 11.6 Å². The summed E-state index contributed by atoms with van der Waals surface area (Å²) < 4.78 is 64.3. The SMILES string of the molecule is C=CS(=O)(=O)NC[C@H]1CCN(S(=O)(=O)c2ccc(F)c(Cl)c2)C1. The Morgan fingerprint density at radius 3 is 2.70 bits per heavy atom. The van der Waals surface area contributed by atoms with E-state index in [0.717, 1.165) is 23.6 Å². The molecule has 0 radical (unpaired) electrons. The van der Waals surface area contributed by atoms with Crippen LogP contribution in [0.3, 0.4) is 0 Å². The average Bonchev–Trinajstić information content (AvgIpc) is 2.98. The van der Waals surface area contributed by atoms with E-state index in [1.165, 1.54) is 4.31 Å². The number of benzene rings is 1. The maximum atomic E-state index is 13.2. The van der Waals surface area contributed by atoms with Gasteiger partial charge in [-0.05, 0) is 30.5 Å². The lowest BCUT2D eigenvalue weighted by molar-refractivity contribution is 0.454. The van der Waals surface area contributed by atoms with Crippen molar-refractivity contribution in [3.8, 4) is 0 Å². The summed E-state index contributed by atoms with van der Waals surface area (Å²) in [6, 6.07) is 3.23. The van der Waals surface area contributed by atoms with Gasteiger partial charge in [-0.2, -0.15) is 4.31 Å². The van der Waals surface area contributed by atoms with Gasteiger partial charge in [0.2, 0.25) is 20.0 Å². The predicted octanol–water partition coefficient (Wildman–Crippen LogP) is 1.55. The second-order valence-electron chi connectivity index (χ2n) is 5.15. The highest BCUT2D eigenvalue weighted by Gasteiger charge is 2.33. The van der Waals surface area contributed by atoms with Crippen LogP contribution in [-0.4, -0.2) is 40.8 Å². The molecule has 128 valence electrons. The van der Waals surface area contributed by atoms with Crippen LogP contribution in [0.2, 0.25) is 5.02 Å². The first-order valence-electron chi connectivity index (χ1n) is 6.73. The summed E-state index contributed by atoms with van der Waals surface area (Å²) in [5.41, 5.74) is 0. The van der Waals surface area contributed by atoms with Gasteiger partial charge in [-0.3, -0.25) is 0 Å². The zero-order chi connectivity index (χ0) is 17.3. The smallest absolute Gasteiger partial charge is 0.211 e. The zero-order valence-corrected chi connectivity index (χ0v) is 14.5. The van der Waals surface area contributed by atoms with Gasteiger partial charge < -0.3 is 0 Å². The van der Waals surface area contributed by atoms with E-state index in [1.807, 2.05) is 0 Å². The Morgan fingerprint density at radius 2 is 2.09 bits per heavy atom. The van der Waals surface area contributed by atoms with Crippen LogP contribution in [-0.2, 0) is 20.0 Å². The molecule has 0 bridgehead atoms. The summed E-state index contributed by atoms with van der Waals surface area (Å²) in [6.07, 6.45) is 0.522. The molecule has 1 aliphatic heterocycles. The van der Waals surface area contributed by atoms with Gasteiger partial charge in [0.25, 0.3) is 0 Å². The number of halogens is 2. The third-order valence-corrected chi connectivity index (χ3v) is 6.73. The first-order valence-corrected chi connectivity index (χ1v) is 10.1. The van der Waals surface area contributed by atoms with Crippen LogP contribution in [0, 0.1) is 11.7 Å². The highest BCUT2D eigenvalue weighted by atomic mass is 35.5. The molecular weight excluding hydrogens is 367 g/mol. The van der Waals surface area contributed by atoms with Crippen LogP contribution in [0.1, 0.15) is 6.42 Å². The van der Waals surface area contributed by atoms with Crippen molar-refractivity contribution in [3.05, 3.63) is 41.0 Å². The van der Waals surface area contributed by atoms with E-state index < -0.39 is 25.9 Å². The van der Waals surface area contributed by atoms with Gasteiger partial charge in [0, 0.05) is 25.0 Å². The van der Waals surface area contributed by atoms with Crippen molar-refractivity contribution in [3.63, 3.8) is 0 Å². The lowest BCUT2D eigenvalue weighted by Gasteiger charge is -2.17. The summed E-state index contributed by atoms with van der Waals surface area (Å²) in [5.74, 6) is -0.834. The van der Waals surface area contributed by atoms with Gasteiger partial charge in [0.05, 0.1) is 9.92 Å². The van der Waals surface area contributed by atoms with E-state index in [2.05, 4.69) is 11.3 Å². The molecule has 10 heteroatoms. The highest BCUT2D eigenvalue weighted by molar-refractivity contribution is 7.92. The maximum absolute atomic E-state index is 13.2. The lowest BCUT2D eigenvalue weighted by Crippen LogP contribution is -2.32. The van der Waals surface area contributed by atoms with E-state index in [-0.39, 0.29) is 35.5 Å². The minimum atomic E-state index is -3.79. The Labute approximate surface area is 140 Å². The molecule has 23 heavy (non-hydrogen) atoms. The molecule has 1 aromatic carbocycles. The fourth-order valence-electron chi connectivity index (χ4n) is 2.26. The summed E-state index contributed by atoms with van der Waals surface area (Å²) >= 11 is 5.63. The van der Waals surface area contributed by atoms with Crippen molar-refractivity contribution in [1.29, 1.82) is 0 Å². The van der Waals surface area contributed by atoms with Crippen LogP contribution in [0.25, 0.3) is 0 Å². The van der Waals surface area contributed by atoms with Crippen LogP contribution in [0.5, 0.6) is 0 Å². The Bertz CT molecular complexity index is 811. The Hall–Kier alpha value is -1.00. The standard InChI is InChI=1S/C13H16ClFN2O4S2/c1-2-22(18,19)16-8-10-5-6-17(9-10)23(20,21)11-3-4-13(15)12(14)7-11/h2-4,7,10,16H,1,5-6,8-9H2/t10-/m1/s1. The number of hydrogen-bond donors (Lipinski definition) is 1. The van der Waals surface area contributed by atoms with Crippen molar-refractivity contribution in [2.45, 2.75) is 11.3 Å². The van der Waals surface area contributed by atoms with E-state index in [9.17, 15) is 21.2 Å². The van der Waals surface area contributed by atoms with Crippen molar-refractivity contribution in [2.75, 3.05) is 19.6 Å². The summed E-state index contributed by atoms with van der Waals surface area (Å²) in [5, 5.41) is 0.539. The number of nitrogens with zero attached hydrogens (tertiary/aromatic N) is 1. The molecule has 0 unspecified atom stereocenters. The number of hydrogen-bond acceptors (Lipinski definition) is 4. The highest BCUT2D eigenvalue weighted by Crippen LogP contribution is 2.26. The molecule has 0 saturated carbocycles. The van der Waals surface area contributed by atoms with Crippen molar-refractivity contribution < 1.29 is 21.2 Å². The first kappa shape index (κ1) is 18.3. The van der Waals surface area contributed by atoms with Crippen molar-refractivity contribution in [1.82, 2.24) is 9.03 Å². The number of sulfonamides is 2. The van der Waals surface area contributed by atoms with Crippen molar-refractivity contribution in [2.24, 2.45) is 5.92 Å². The summed E-state index contributed by atoms with van der Waals surface area (Å²) in [4.78, 5) is -0.0868. The van der Waals surface area contributed by atoms with E-state index in [0.29, 0.717) is 6.42 Å². The number of rotatable bonds is 6. The quantitative estimate of drug-likeness (QED) is 0.809.